The van der Waals surface area contributed by atoms with Gasteiger partial charge in [-0.2, -0.15) is 0 Å². The number of anilines is 1. The minimum atomic E-state index is -0.497. The molecule has 0 fully saturated rings. The van der Waals surface area contributed by atoms with Gasteiger partial charge in [-0.25, -0.2) is 4.39 Å². The molecule has 3 aromatic rings. The summed E-state index contributed by atoms with van der Waals surface area (Å²) in [5.74, 6) is -0.777. The zero-order valence-corrected chi connectivity index (χ0v) is 13.4. The van der Waals surface area contributed by atoms with Crippen LogP contribution in [0.25, 0.3) is 0 Å². The van der Waals surface area contributed by atoms with Gasteiger partial charge in [-0.15, -0.1) is 0 Å². The molecule has 1 unspecified atom stereocenters. The summed E-state index contributed by atoms with van der Waals surface area (Å²) < 4.78 is 13.1. The minimum absolute atomic E-state index is 0.0605. The van der Waals surface area contributed by atoms with E-state index in [0.29, 0.717) is 5.69 Å². The Kier molecular flexibility index (Phi) is 5.43. The van der Waals surface area contributed by atoms with Gasteiger partial charge in [0.2, 0.25) is 5.91 Å². The molecule has 25 heavy (non-hydrogen) atoms. The highest BCUT2D eigenvalue weighted by Crippen LogP contribution is 2.20. The molecule has 0 radical (unpaired) electrons. The molecular weight excluding hydrogens is 319 g/mol. The highest BCUT2D eigenvalue weighted by atomic mass is 19.1. The van der Waals surface area contributed by atoms with E-state index in [1.165, 1.54) is 12.3 Å². The molecule has 0 saturated carbocycles. The number of carbonyl (C=O) groups excluding carboxylic acids is 1. The Labute approximate surface area is 145 Å². The second kappa shape index (κ2) is 8.12. The number of nitrogens with one attached hydrogen (secondary N) is 2. The van der Waals surface area contributed by atoms with Gasteiger partial charge in [0, 0.05) is 18.5 Å². The van der Waals surface area contributed by atoms with Crippen molar-refractivity contribution < 1.29 is 9.18 Å². The van der Waals surface area contributed by atoms with Crippen LogP contribution in [0, 0.1) is 5.82 Å². The number of benzene rings is 1. The van der Waals surface area contributed by atoms with Crippen molar-refractivity contribution >= 4 is 11.6 Å². The van der Waals surface area contributed by atoms with Crippen molar-refractivity contribution in [2.45, 2.75) is 6.04 Å². The Morgan fingerprint density at radius 3 is 2.52 bits per heavy atom. The van der Waals surface area contributed by atoms with Gasteiger partial charge < -0.3 is 5.32 Å². The predicted octanol–water partition coefficient (Wildman–Crippen LogP) is 2.93. The number of carbonyl (C=O) groups is 1. The lowest BCUT2D eigenvalue weighted by Crippen LogP contribution is -2.32. The quantitative estimate of drug-likeness (QED) is 0.726. The number of halogens is 1. The average molecular weight is 336 g/mol. The van der Waals surface area contributed by atoms with Crippen molar-refractivity contribution in [3.05, 3.63) is 90.3 Å². The van der Waals surface area contributed by atoms with Gasteiger partial charge in [0.1, 0.15) is 5.82 Å². The second-order valence-electron chi connectivity index (χ2n) is 5.45. The number of hydrogen-bond donors (Lipinski definition) is 2. The number of hydrogen-bond acceptors (Lipinski definition) is 4. The van der Waals surface area contributed by atoms with Gasteiger partial charge in [-0.3, -0.25) is 20.1 Å². The van der Waals surface area contributed by atoms with Crippen LogP contribution in [0.5, 0.6) is 0 Å². The van der Waals surface area contributed by atoms with Crippen LogP contribution in [-0.4, -0.2) is 22.4 Å². The van der Waals surface area contributed by atoms with E-state index in [2.05, 4.69) is 20.6 Å². The van der Waals surface area contributed by atoms with E-state index in [-0.39, 0.29) is 18.5 Å². The second-order valence-corrected chi connectivity index (χ2v) is 5.45. The molecule has 0 bridgehead atoms. The van der Waals surface area contributed by atoms with Crippen LogP contribution >= 0.6 is 0 Å². The first-order chi connectivity index (χ1) is 12.2. The van der Waals surface area contributed by atoms with E-state index in [4.69, 9.17) is 0 Å². The largest absolute Gasteiger partial charge is 0.324 e. The maximum absolute atomic E-state index is 13.1. The number of aromatic nitrogens is 2. The maximum atomic E-state index is 13.1. The van der Waals surface area contributed by atoms with Crippen molar-refractivity contribution in [1.82, 2.24) is 15.3 Å². The van der Waals surface area contributed by atoms with Gasteiger partial charge >= 0.3 is 0 Å². The fraction of sp³-hybridized carbons (Fsp3) is 0.105. The Morgan fingerprint density at radius 2 is 1.80 bits per heavy atom. The molecule has 5 nitrogen and oxygen atoms in total. The normalized spacial score (nSPS) is 11.7. The smallest absolute Gasteiger partial charge is 0.238 e. The third kappa shape index (κ3) is 4.68. The highest BCUT2D eigenvalue weighted by Gasteiger charge is 2.15. The molecule has 0 saturated heterocycles. The summed E-state index contributed by atoms with van der Waals surface area (Å²) in [5, 5.41) is 5.84. The summed E-state index contributed by atoms with van der Waals surface area (Å²) in [7, 11) is 0. The number of rotatable bonds is 6. The molecule has 126 valence electrons. The molecule has 1 amide bonds. The number of pyridine rings is 2. The Hall–Kier alpha value is -3.12. The third-order valence-electron chi connectivity index (χ3n) is 3.61. The van der Waals surface area contributed by atoms with Gasteiger partial charge in [-0.1, -0.05) is 36.4 Å². The first-order valence-corrected chi connectivity index (χ1v) is 7.81. The Morgan fingerprint density at radius 1 is 1.00 bits per heavy atom. The van der Waals surface area contributed by atoms with Crippen LogP contribution < -0.4 is 10.6 Å². The molecule has 0 aliphatic rings. The lowest BCUT2D eigenvalue weighted by atomic mass is 10.0. The van der Waals surface area contributed by atoms with Crippen molar-refractivity contribution in [3.63, 3.8) is 0 Å². The summed E-state index contributed by atoms with van der Waals surface area (Å²) in [6.07, 6.45) is 5.95. The lowest BCUT2D eigenvalue weighted by Gasteiger charge is -2.19. The molecule has 0 aliphatic heterocycles. The Bertz CT molecular complexity index is 788. The fourth-order valence-electron chi connectivity index (χ4n) is 2.50. The standard InChI is InChI=1S/C19H17FN4O/c20-16-9-17(12-22-11-16)24-18(25)13-23-19(14-5-2-1-3-6-14)15-7-4-8-21-10-15/h1-12,19,23H,13H2,(H,24,25). The van der Waals surface area contributed by atoms with E-state index < -0.39 is 5.82 Å². The van der Waals surface area contributed by atoms with Crippen molar-refractivity contribution in [1.29, 1.82) is 0 Å². The monoisotopic (exact) mass is 336 g/mol. The van der Waals surface area contributed by atoms with Crippen molar-refractivity contribution in [3.8, 4) is 0 Å². The summed E-state index contributed by atoms with van der Waals surface area (Å²) in [6.45, 7) is 0.0605. The molecule has 1 aromatic carbocycles. The van der Waals surface area contributed by atoms with Crippen molar-refractivity contribution in [2.24, 2.45) is 0 Å². The molecule has 1 atom stereocenters. The summed E-state index contributed by atoms with van der Waals surface area (Å²) in [4.78, 5) is 20.0. The van der Waals surface area contributed by atoms with Gasteiger partial charge in [-0.05, 0) is 17.2 Å². The summed E-state index contributed by atoms with van der Waals surface area (Å²) in [6, 6.07) is 14.6. The first kappa shape index (κ1) is 16.7. The minimum Gasteiger partial charge on any atom is -0.324 e. The van der Waals surface area contributed by atoms with Gasteiger partial charge in [0.25, 0.3) is 0 Å². The maximum Gasteiger partial charge on any atom is 0.238 e. The zero-order chi connectivity index (χ0) is 17.5. The van der Waals surface area contributed by atoms with E-state index in [1.807, 2.05) is 42.5 Å². The van der Waals surface area contributed by atoms with Crippen LogP contribution in [0.4, 0.5) is 10.1 Å². The van der Waals surface area contributed by atoms with Crippen molar-refractivity contribution in [2.75, 3.05) is 11.9 Å². The first-order valence-electron chi connectivity index (χ1n) is 7.81. The van der Waals surface area contributed by atoms with E-state index in [0.717, 1.165) is 17.3 Å². The van der Waals surface area contributed by atoms with E-state index in [1.54, 1.807) is 12.4 Å². The van der Waals surface area contributed by atoms with Gasteiger partial charge in [0.05, 0.1) is 30.7 Å². The number of amides is 1. The molecule has 2 heterocycles. The SMILES string of the molecule is O=C(CNC(c1ccccc1)c1cccnc1)Nc1cncc(F)c1. The van der Waals surface area contributed by atoms with Gasteiger partial charge in [0.15, 0.2) is 0 Å². The molecular formula is C19H17FN4O. The van der Waals surface area contributed by atoms with Crippen LogP contribution in [-0.2, 0) is 4.79 Å². The van der Waals surface area contributed by atoms with E-state index >= 15 is 0 Å². The summed E-state index contributed by atoms with van der Waals surface area (Å²) >= 11 is 0. The van der Waals surface area contributed by atoms with Crippen LogP contribution in [0.2, 0.25) is 0 Å². The molecule has 3 rings (SSSR count). The molecule has 2 aromatic heterocycles. The highest BCUT2D eigenvalue weighted by molar-refractivity contribution is 5.92. The molecule has 6 heteroatoms. The molecule has 2 N–H and O–H groups in total. The topological polar surface area (TPSA) is 66.9 Å². The number of nitrogens with zero attached hydrogens (tertiary/aromatic N) is 2. The zero-order valence-electron chi connectivity index (χ0n) is 13.4. The Balaban J connectivity index is 1.70. The average Bonchev–Trinajstić information content (AvgIpc) is 2.64. The predicted molar refractivity (Wildman–Crippen MR) is 93.3 cm³/mol. The van der Waals surface area contributed by atoms with Crippen LogP contribution in [0.1, 0.15) is 17.2 Å². The molecule has 0 aliphatic carbocycles. The van der Waals surface area contributed by atoms with Crippen LogP contribution in [0.15, 0.2) is 73.3 Å². The molecule has 0 spiro atoms. The fourth-order valence-corrected chi connectivity index (χ4v) is 2.50. The third-order valence-corrected chi connectivity index (χ3v) is 3.61. The summed E-state index contributed by atoms with van der Waals surface area (Å²) in [5.41, 5.74) is 2.30. The van der Waals surface area contributed by atoms with Crippen LogP contribution in [0.3, 0.4) is 0 Å². The van der Waals surface area contributed by atoms with E-state index in [9.17, 15) is 9.18 Å². The lowest BCUT2D eigenvalue weighted by molar-refractivity contribution is -0.115.